The standard InChI is InChI=1S/C17H20BrN/c1-10-7-12(3)15(9-11(10)2)17(19)14-5-6-16(18)13(4)8-14/h5-9,17H,19H2,1-4H3. The summed E-state index contributed by atoms with van der Waals surface area (Å²) in [5, 5.41) is 0. The number of benzene rings is 2. The minimum atomic E-state index is -0.0638. The third kappa shape index (κ3) is 2.90. The molecule has 2 rings (SSSR count). The third-order valence-corrected chi connectivity index (χ3v) is 4.65. The molecule has 0 saturated carbocycles. The molecular formula is C17H20BrN. The van der Waals surface area contributed by atoms with E-state index >= 15 is 0 Å². The van der Waals surface area contributed by atoms with Gasteiger partial charge >= 0.3 is 0 Å². The maximum Gasteiger partial charge on any atom is 0.0554 e. The summed E-state index contributed by atoms with van der Waals surface area (Å²) in [4.78, 5) is 0. The van der Waals surface area contributed by atoms with Crippen LogP contribution in [0, 0.1) is 27.7 Å². The first-order chi connectivity index (χ1) is 8.90. The van der Waals surface area contributed by atoms with Gasteiger partial charge in [0, 0.05) is 4.47 Å². The fourth-order valence-corrected chi connectivity index (χ4v) is 2.61. The van der Waals surface area contributed by atoms with E-state index < -0.39 is 0 Å². The summed E-state index contributed by atoms with van der Waals surface area (Å²) in [5.74, 6) is 0. The highest BCUT2D eigenvalue weighted by Crippen LogP contribution is 2.27. The maximum atomic E-state index is 6.44. The highest BCUT2D eigenvalue weighted by atomic mass is 79.9. The fraction of sp³-hybridized carbons (Fsp3) is 0.294. The Balaban J connectivity index is 2.46. The van der Waals surface area contributed by atoms with E-state index in [4.69, 9.17) is 5.73 Å². The van der Waals surface area contributed by atoms with E-state index in [9.17, 15) is 0 Å². The molecular weight excluding hydrogens is 298 g/mol. The van der Waals surface area contributed by atoms with Crippen LogP contribution < -0.4 is 5.73 Å². The van der Waals surface area contributed by atoms with Gasteiger partial charge in [-0.15, -0.1) is 0 Å². The molecule has 0 saturated heterocycles. The molecule has 2 aromatic rings. The lowest BCUT2D eigenvalue weighted by molar-refractivity contribution is 0.856. The Hall–Kier alpha value is -1.12. The SMILES string of the molecule is Cc1cc(C)c(C(N)c2ccc(Br)c(C)c2)cc1C. The van der Waals surface area contributed by atoms with Crippen LogP contribution in [0.5, 0.6) is 0 Å². The molecule has 0 fully saturated rings. The summed E-state index contributed by atoms with van der Waals surface area (Å²) in [7, 11) is 0. The van der Waals surface area contributed by atoms with Gasteiger partial charge in [-0.3, -0.25) is 0 Å². The highest BCUT2D eigenvalue weighted by molar-refractivity contribution is 9.10. The molecule has 0 radical (unpaired) electrons. The monoisotopic (exact) mass is 317 g/mol. The molecule has 0 amide bonds. The molecule has 1 atom stereocenters. The summed E-state index contributed by atoms with van der Waals surface area (Å²) < 4.78 is 1.13. The first-order valence-corrected chi connectivity index (χ1v) is 7.29. The van der Waals surface area contributed by atoms with E-state index in [1.807, 2.05) is 0 Å². The number of hydrogen-bond acceptors (Lipinski definition) is 1. The summed E-state index contributed by atoms with van der Waals surface area (Å²) in [6.45, 7) is 8.50. The van der Waals surface area contributed by atoms with Crippen molar-refractivity contribution < 1.29 is 0 Å². The first kappa shape index (κ1) is 14.3. The van der Waals surface area contributed by atoms with Crippen LogP contribution in [-0.4, -0.2) is 0 Å². The Morgan fingerprint density at radius 3 is 2.11 bits per heavy atom. The second-order valence-electron chi connectivity index (χ2n) is 5.28. The number of hydrogen-bond donors (Lipinski definition) is 1. The van der Waals surface area contributed by atoms with E-state index in [2.05, 4.69) is 74.0 Å². The van der Waals surface area contributed by atoms with Crippen molar-refractivity contribution in [1.29, 1.82) is 0 Å². The van der Waals surface area contributed by atoms with Crippen LogP contribution in [0.25, 0.3) is 0 Å². The third-order valence-electron chi connectivity index (χ3n) is 3.76. The van der Waals surface area contributed by atoms with Crippen molar-refractivity contribution in [2.75, 3.05) is 0 Å². The van der Waals surface area contributed by atoms with Crippen LogP contribution in [0.15, 0.2) is 34.8 Å². The van der Waals surface area contributed by atoms with Crippen molar-refractivity contribution in [2.45, 2.75) is 33.7 Å². The van der Waals surface area contributed by atoms with Crippen LogP contribution in [0.2, 0.25) is 0 Å². The summed E-state index contributed by atoms with van der Waals surface area (Å²) in [6, 6.07) is 10.7. The molecule has 2 heteroatoms. The van der Waals surface area contributed by atoms with Crippen LogP contribution >= 0.6 is 15.9 Å². The molecule has 2 aromatic carbocycles. The lowest BCUT2D eigenvalue weighted by Gasteiger charge is -2.18. The molecule has 2 N–H and O–H groups in total. The topological polar surface area (TPSA) is 26.0 Å². The van der Waals surface area contributed by atoms with Crippen molar-refractivity contribution >= 4 is 15.9 Å². The van der Waals surface area contributed by atoms with Crippen LogP contribution in [0.1, 0.15) is 39.4 Å². The van der Waals surface area contributed by atoms with Crippen molar-refractivity contribution in [2.24, 2.45) is 5.73 Å². The van der Waals surface area contributed by atoms with Crippen molar-refractivity contribution in [3.8, 4) is 0 Å². The Labute approximate surface area is 124 Å². The molecule has 1 unspecified atom stereocenters. The van der Waals surface area contributed by atoms with Crippen LogP contribution in [-0.2, 0) is 0 Å². The summed E-state index contributed by atoms with van der Waals surface area (Å²) in [5.41, 5.74) is 13.9. The summed E-state index contributed by atoms with van der Waals surface area (Å²) >= 11 is 3.53. The zero-order valence-corrected chi connectivity index (χ0v) is 13.5. The van der Waals surface area contributed by atoms with Crippen LogP contribution in [0.3, 0.4) is 0 Å². The quantitative estimate of drug-likeness (QED) is 0.851. The average Bonchev–Trinajstić information content (AvgIpc) is 2.36. The molecule has 100 valence electrons. The number of rotatable bonds is 2. The number of nitrogens with two attached hydrogens (primary N) is 1. The Morgan fingerprint density at radius 2 is 1.47 bits per heavy atom. The number of aryl methyl sites for hydroxylation is 4. The van der Waals surface area contributed by atoms with Gasteiger partial charge in [-0.2, -0.15) is 0 Å². The van der Waals surface area contributed by atoms with E-state index in [1.165, 1.54) is 27.8 Å². The van der Waals surface area contributed by atoms with E-state index in [0.29, 0.717) is 0 Å². The van der Waals surface area contributed by atoms with Crippen molar-refractivity contribution in [1.82, 2.24) is 0 Å². The van der Waals surface area contributed by atoms with Crippen molar-refractivity contribution in [3.05, 3.63) is 68.2 Å². The largest absolute Gasteiger partial charge is 0.320 e. The average molecular weight is 318 g/mol. The molecule has 0 aromatic heterocycles. The molecule has 1 nitrogen and oxygen atoms in total. The Morgan fingerprint density at radius 1 is 0.842 bits per heavy atom. The molecule has 0 aliphatic rings. The molecule has 19 heavy (non-hydrogen) atoms. The summed E-state index contributed by atoms with van der Waals surface area (Å²) in [6.07, 6.45) is 0. The van der Waals surface area contributed by atoms with Gasteiger partial charge in [0.2, 0.25) is 0 Å². The smallest absolute Gasteiger partial charge is 0.0554 e. The molecule has 0 aliphatic heterocycles. The second kappa shape index (κ2) is 5.48. The Kier molecular flexibility index (Phi) is 4.12. The van der Waals surface area contributed by atoms with Crippen LogP contribution in [0.4, 0.5) is 0 Å². The lowest BCUT2D eigenvalue weighted by Crippen LogP contribution is -2.14. The Bertz CT molecular complexity index is 617. The normalized spacial score (nSPS) is 12.5. The minimum Gasteiger partial charge on any atom is -0.320 e. The minimum absolute atomic E-state index is 0.0638. The van der Waals surface area contributed by atoms with Gasteiger partial charge in [0.25, 0.3) is 0 Å². The zero-order chi connectivity index (χ0) is 14.2. The first-order valence-electron chi connectivity index (χ1n) is 6.49. The molecule has 0 heterocycles. The van der Waals surface area contributed by atoms with Gasteiger partial charge in [-0.05, 0) is 67.1 Å². The predicted octanol–water partition coefficient (Wildman–Crippen LogP) is 4.73. The van der Waals surface area contributed by atoms with E-state index in [-0.39, 0.29) is 6.04 Å². The number of halogens is 1. The molecule has 0 spiro atoms. The zero-order valence-electron chi connectivity index (χ0n) is 11.9. The van der Waals surface area contributed by atoms with Gasteiger partial charge in [0.15, 0.2) is 0 Å². The fourth-order valence-electron chi connectivity index (χ4n) is 2.36. The second-order valence-corrected chi connectivity index (χ2v) is 6.13. The molecule has 0 bridgehead atoms. The van der Waals surface area contributed by atoms with Gasteiger partial charge < -0.3 is 5.73 Å². The van der Waals surface area contributed by atoms with Crippen molar-refractivity contribution in [3.63, 3.8) is 0 Å². The van der Waals surface area contributed by atoms with Gasteiger partial charge in [0.05, 0.1) is 6.04 Å². The van der Waals surface area contributed by atoms with E-state index in [0.717, 1.165) is 10.0 Å². The lowest BCUT2D eigenvalue weighted by atomic mass is 9.92. The maximum absolute atomic E-state index is 6.44. The molecule has 0 aliphatic carbocycles. The van der Waals surface area contributed by atoms with Gasteiger partial charge in [-0.25, -0.2) is 0 Å². The van der Waals surface area contributed by atoms with E-state index in [1.54, 1.807) is 0 Å². The predicted molar refractivity (Wildman–Crippen MR) is 85.6 cm³/mol. The van der Waals surface area contributed by atoms with Gasteiger partial charge in [-0.1, -0.05) is 40.2 Å². The highest BCUT2D eigenvalue weighted by Gasteiger charge is 2.13. The van der Waals surface area contributed by atoms with Gasteiger partial charge in [0.1, 0.15) is 0 Å².